The average molecular weight is 728 g/mol. The Morgan fingerprint density at radius 2 is 1.48 bits per heavy atom. The van der Waals surface area contributed by atoms with Crippen LogP contribution >= 0.6 is 0 Å². The van der Waals surface area contributed by atoms with E-state index in [2.05, 4.69) is 64.1 Å². The third-order valence-corrected chi connectivity index (χ3v) is 11.9. The summed E-state index contributed by atoms with van der Waals surface area (Å²) in [7, 11) is 0. The number of hydrogen-bond donors (Lipinski definition) is 0. The number of ether oxygens (including phenoxy) is 2. The Balaban J connectivity index is 1.14. The molecule has 0 N–H and O–H groups in total. The number of carbonyl (C=O) groups excluding carboxylic acids is 3. The van der Waals surface area contributed by atoms with E-state index in [-0.39, 0.29) is 17.5 Å². The summed E-state index contributed by atoms with van der Waals surface area (Å²) >= 11 is 0. The Morgan fingerprint density at radius 1 is 0.722 bits per heavy atom. The van der Waals surface area contributed by atoms with E-state index in [4.69, 9.17) is 9.47 Å². The molecule has 4 heterocycles. The first-order chi connectivity index (χ1) is 26.5. The Kier molecular flexibility index (Phi) is 11.3. The maximum Gasteiger partial charge on any atom is 0.227 e. The number of fused-ring (bicyclic) bond motifs is 1. The molecular weight excluding hydrogens is 675 g/mol. The van der Waals surface area contributed by atoms with Gasteiger partial charge in [0.25, 0.3) is 0 Å². The molecule has 1 aromatic heterocycles. The van der Waals surface area contributed by atoms with Crippen molar-refractivity contribution in [3.8, 4) is 17.0 Å². The fourth-order valence-electron chi connectivity index (χ4n) is 9.02. The Morgan fingerprint density at radius 3 is 2.24 bits per heavy atom. The number of aromatic nitrogens is 1. The number of rotatable bonds is 7. The van der Waals surface area contributed by atoms with E-state index in [1.54, 1.807) is 0 Å². The van der Waals surface area contributed by atoms with Crippen LogP contribution in [-0.4, -0.2) is 54.9 Å². The first kappa shape index (κ1) is 36.3. The zero-order valence-electron chi connectivity index (χ0n) is 31.5. The topological polar surface area (TPSA) is 81.1 Å². The Labute approximate surface area is 319 Å². The van der Waals surface area contributed by atoms with Gasteiger partial charge in [-0.2, -0.15) is 0 Å². The van der Waals surface area contributed by atoms with Gasteiger partial charge in [-0.3, -0.25) is 14.4 Å². The Bertz CT molecular complexity index is 2020. The molecule has 2 saturated heterocycles. The van der Waals surface area contributed by atoms with Gasteiger partial charge in [-0.1, -0.05) is 43.5 Å². The minimum atomic E-state index is 0.163. The van der Waals surface area contributed by atoms with Gasteiger partial charge in [-0.15, -0.1) is 0 Å². The van der Waals surface area contributed by atoms with Gasteiger partial charge >= 0.3 is 0 Å². The van der Waals surface area contributed by atoms with Crippen molar-refractivity contribution in [3.05, 3.63) is 89.5 Å². The number of anilines is 2. The smallest absolute Gasteiger partial charge is 0.227 e. The van der Waals surface area contributed by atoms with E-state index < -0.39 is 0 Å². The number of carbonyl (C=O) groups is 3. The zero-order chi connectivity index (χ0) is 36.9. The molecule has 8 heteroatoms. The molecule has 0 spiro atoms. The second-order valence-electron chi connectivity index (χ2n) is 15.5. The molecule has 1 saturated carbocycles. The van der Waals surface area contributed by atoms with Crippen molar-refractivity contribution in [1.82, 2.24) is 4.57 Å². The number of morpholine rings is 1. The highest BCUT2D eigenvalue weighted by molar-refractivity contribution is 6.02. The first-order valence-corrected chi connectivity index (χ1v) is 20.4. The zero-order valence-corrected chi connectivity index (χ0v) is 31.5. The van der Waals surface area contributed by atoms with Crippen LogP contribution in [0.15, 0.2) is 72.8 Å². The molecule has 0 unspecified atom stereocenters. The van der Waals surface area contributed by atoms with Crippen LogP contribution in [0.1, 0.15) is 111 Å². The SMILES string of the molecule is O=C1CCC/C=C\CCCC(=O)c2ccc3c(C4CCCCC4)c(-c4ccc(OCc5cc(N6CCCC6=O)ccc5N5CCOCC5)cc4)n(c3c2)C1. The highest BCUT2D eigenvalue weighted by Gasteiger charge is 2.28. The molecule has 1 amide bonds. The van der Waals surface area contributed by atoms with Gasteiger partial charge in [0.1, 0.15) is 12.4 Å². The molecule has 282 valence electrons. The van der Waals surface area contributed by atoms with E-state index in [9.17, 15) is 14.4 Å². The van der Waals surface area contributed by atoms with Crippen molar-refractivity contribution in [2.24, 2.45) is 0 Å². The molecule has 0 atom stereocenters. The molecule has 3 fully saturated rings. The number of ketones is 2. The molecule has 8 rings (SSSR count). The van der Waals surface area contributed by atoms with Gasteiger partial charge in [0.2, 0.25) is 5.91 Å². The van der Waals surface area contributed by atoms with Crippen molar-refractivity contribution >= 4 is 39.8 Å². The first-order valence-electron chi connectivity index (χ1n) is 20.4. The molecule has 3 aromatic carbocycles. The summed E-state index contributed by atoms with van der Waals surface area (Å²) < 4.78 is 14.4. The van der Waals surface area contributed by atoms with E-state index >= 15 is 0 Å². The second-order valence-corrected chi connectivity index (χ2v) is 15.5. The van der Waals surface area contributed by atoms with Crippen molar-refractivity contribution in [2.75, 3.05) is 42.6 Å². The summed E-state index contributed by atoms with van der Waals surface area (Å²) in [5.41, 5.74) is 8.29. The number of Topliss-reactive ketones (excluding diaryl/α,β-unsaturated/α-hetero) is 2. The molecule has 2 bridgehead atoms. The monoisotopic (exact) mass is 727 g/mol. The van der Waals surface area contributed by atoms with Crippen LogP contribution in [0.5, 0.6) is 5.75 Å². The van der Waals surface area contributed by atoms with Crippen LogP contribution in [0, 0.1) is 0 Å². The molecule has 0 radical (unpaired) electrons. The van der Waals surface area contributed by atoms with E-state index in [1.165, 1.54) is 30.2 Å². The summed E-state index contributed by atoms with van der Waals surface area (Å²) in [4.78, 5) is 43.9. The third kappa shape index (κ3) is 7.90. The van der Waals surface area contributed by atoms with Crippen molar-refractivity contribution in [3.63, 3.8) is 0 Å². The predicted octanol–water partition coefficient (Wildman–Crippen LogP) is 9.56. The van der Waals surface area contributed by atoms with Crippen LogP contribution < -0.4 is 14.5 Å². The lowest BCUT2D eigenvalue weighted by molar-refractivity contribution is -0.119. The molecule has 4 aliphatic rings. The number of hydrogen-bond acceptors (Lipinski definition) is 6. The minimum absolute atomic E-state index is 0.163. The minimum Gasteiger partial charge on any atom is -0.489 e. The third-order valence-electron chi connectivity index (χ3n) is 11.9. The van der Waals surface area contributed by atoms with Crippen LogP contribution in [0.3, 0.4) is 0 Å². The van der Waals surface area contributed by atoms with Crippen LogP contribution in [0.2, 0.25) is 0 Å². The molecule has 8 nitrogen and oxygen atoms in total. The van der Waals surface area contributed by atoms with Gasteiger partial charge in [0, 0.05) is 72.3 Å². The Hall–Kier alpha value is -4.69. The van der Waals surface area contributed by atoms with Gasteiger partial charge in [-0.25, -0.2) is 0 Å². The fraction of sp³-hybridized carbons (Fsp3) is 0.457. The van der Waals surface area contributed by atoms with E-state index in [0.29, 0.717) is 51.5 Å². The lowest BCUT2D eigenvalue weighted by Crippen LogP contribution is -2.37. The lowest BCUT2D eigenvalue weighted by atomic mass is 9.81. The summed E-state index contributed by atoms with van der Waals surface area (Å²) in [6.07, 6.45) is 16.2. The molecule has 3 aliphatic heterocycles. The fourth-order valence-corrected chi connectivity index (χ4v) is 9.02. The van der Waals surface area contributed by atoms with E-state index in [1.807, 2.05) is 23.1 Å². The number of amides is 1. The maximum atomic E-state index is 13.7. The van der Waals surface area contributed by atoms with Crippen molar-refractivity contribution in [1.29, 1.82) is 0 Å². The maximum absolute atomic E-state index is 13.7. The van der Waals surface area contributed by atoms with Gasteiger partial charge < -0.3 is 23.8 Å². The summed E-state index contributed by atoms with van der Waals surface area (Å²) in [5.74, 6) is 1.72. The standard InChI is InChI=1S/C46H53N3O5/c50-38-13-8-3-1-2-4-9-14-43(51)35-18-22-40-42(30-35)49(31-38)46(45(40)33-11-6-5-7-12-33)34-16-20-39(21-17-34)54-32-36-29-37(48-24-10-15-44(48)52)19-23-41(36)47-25-27-53-28-26-47/h1-2,16-23,29-30,33H,3-15,24-28,31-32H2/b2-1-. The van der Waals surface area contributed by atoms with E-state index in [0.717, 1.165) is 110 Å². The van der Waals surface area contributed by atoms with Crippen LogP contribution in [-0.2, 0) is 27.5 Å². The summed E-state index contributed by atoms with van der Waals surface area (Å²) in [6, 6.07) is 20.9. The molecule has 54 heavy (non-hydrogen) atoms. The number of allylic oxidation sites excluding steroid dienone is 2. The van der Waals surface area contributed by atoms with Gasteiger partial charge in [-0.05, 0) is 111 Å². The highest BCUT2D eigenvalue weighted by atomic mass is 16.5. The number of nitrogens with zero attached hydrogens (tertiary/aromatic N) is 3. The number of benzene rings is 3. The molecular formula is C46H53N3O5. The predicted molar refractivity (Wildman–Crippen MR) is 215 cm³/mol. The molecule has 4 aromatic rings. The van der Waals surface area contributed by atoms with Crippen molar-refractivity contribution in [2.45, 2.75) is 103 Å². The van der Waals surface area contributed by atoms with Gasteiger partial charge in [0.15, 0.2) is 11.6 Å². The van der Waals surface area contributed by atoms with Gasteiger partial charge in [0.05, 0.1) is 25.5 Å². The highest BCUT2D eigenvalue weighted by Crippen LogP contribution is 2.45. The summed E-state index contributed by atoms with van der Waals surface area (Å²) in [5, 5.41) is 1.17. The normalized spacial score (nSPS) is 20.0. The van der Waals surface area contributed by atoms with Crippen LogP contribution in [0.4, 0.5) is 11.4 Å². The van der Waals surface area contributed by atoms with Crippen LogP contribution in [0.25, 0.3) is 22.2 Å². The second kappa shape index (κ2) is 16.8. The van der Waals surface area contributed by atoms with Crippen molar-refractivity contribution < 1.29 is 23.9 Å². The molecule has 1 aliphatic carbocycles. The lowest BCUT2D eigenvalue weighted by Gasteiger charge is -2.31. The largest absolute Gasteiger partial charge is 0.489 e. The average Bonchev–Trinajstić information content (AvgIpc) is 3.78. The quantitative estimate of drug-likeness (QED) is 0.177. The summed E-state index contributed by atoms with van der Waals surface area (Å²) in [6.45, 7) is 4.42.